The standard InChI is InChI=1S/C6H15OSi/c1-8(2,3)6-4-5-7/h4-6H2,1-3H3. The summed E-state index contributed by atoms with van der Waals surface area (Å²) in [6.45, 7) is 7.00. The molecule has 0 unspecified atom stereocenters. The normalized spacial score (nSPS) is 12.0. The predicted octanol–water partition coefficient (Wildman–Crippen LogP) is 2.15. The van der Waals surface area contributed by atoms with Gasteiger partial charge in [-0.15, -0.1) is 0 Å². The molecule has 0 rings (SSSR count). The van der Waals surface area contributed by atoms with Crippen LogP contribution in [0.4, 0.5) is 0 Å². The van der Waals surface area contributed by atoms with Crippen LogP contribution in [0.25, 0.3) is 0 Å². The van der Waals surface area contributed by atoms with Gasteiger partial charge in [0.25, 0.3) is 0 Å². The molecular weight excluding hydrogens is 116 g/mol. The molecule has 0 fully saturated rings. The van der Waals surface area contributed by atoms with Gasteiger partial charge in [-0.25, -0.2) is 5.11 Å². The Kier molecular flexibility index (Phi) is 3.32. The lowest BCUT2D eigenvalue weighted by molar-refractivity contribution is 0.193. The van der Waals surface area contributed by atoms with E-state index in [0.717, 1.165) is 6.42 Å². The van der Waals surface area contributed by atoms with Gasteiger partial charge in [-0.05, 0) is 6.42 Å². The van der Waals surface area contributed by atoms with Crippen LogP contribution in [0.15, 0.2) is 0 Å². The minimum atomic E-state index is -0.878. The maximum Gasteiger partial charge on any atom is 0.0819 e. The van der Waals surface area contributed by atoms with E-state index in [-0.39, 0.29) is 6.61 Å². The number of hydrogen-bond acceptors (Lipinski definition) is 0. The van der Waals surface area contributed by atoms with E-state index in [1.165, 1.54) is 6.04 Å². The molecule has 0 heterocycles. The number of hydrogen-bond donors (Lipinski definition) is 0. The Morgan fingerprint density at radius 3 is 1.88 bits per heavy atom. The van der Waals surface area contributed by atoms with Crippen molar-refractivity contribution in [1.82, 2.24) is 0 Å². The summed E-state index contributed by atoms with van der Waals surface area (Å²) in [5, 5.41) is 10.00. The summed E-state index contributed by atoms with van der Waals surface area (Å²) in [5.41, 5.74) is 0. The van der Waals surface area contributed by atoms with Crippen molar-refractivity contribution in [3.05, 3.63) is 0 Å². The fourth-order valence-corrected chi connectivity index (χ4v) is 1.81. The Hall–Kier alpha value is 0.177. The molecule has 0 aromatic carbocycles. The molecule has 0 aliphatic rings. The van der Waals surface area contributed by atoms with Gasteiger partial charge >= 0.3 is 0 Å². The van der Waals surface area contributed by atoms with Gasteiger partial charge in [-0.3, -0.25) is 0 Å². The Balaban J connectivity index is 3.11. The summed E-state index contributed by atoms with van der Waals surface area (Å²) < 4.78 is 0. The van der Waals surface area contributed by atoms with Crippen LogP contribution in [0, 0.1) is 0 Å². The highest BCUT2D eigenvalue weighted by molar-refractivity contribution is 6.76. The van der Waals surface area contributed by atoms with Crippen LogP contribution in [0.1, 0.15) is 6.42 Å². The third-order valence-corrected chi connectivity index (χ3v) is 2.92. The fourth-order valence-electron chi connectivity index (χ4n) is 0.602. The largest absolute Gasteiger partial charge is 0.237 e. The van der Waals surface area contributed by atoms with Gasteiger partial charge < -0.3 is 0 Å². The maximum absolute atomic E-state index is 10.00. The SMILES string of the molecule is C[Si](C)(C)CCC[O]. The highest BCUT2D eigenvalue weighted by Crippen LogP contribution is 2.09. The average Bonchev–Trinajstić information content (AvgIpc) is 1.59. The zero-order chi connectivity index (χ0) is 6.62. The number of rotatable bonds is 3. The lowest BCUT2D eigenvalue weighted by Crippen LogP contribution is -2.18. The molecule has 0 saturated carbocycles. The van der Waals surface area contributed by atoms with Gasteiger partial charge in [0, 0.05) is 8.07 Å². The molecular formula is C6H15OSi. The van der Waals surface area contributed by atoms with Gasteiger partial charge in [0.15, 0.2) is 0 Å². The Labute approximate surface area is 52.7 Å². The Morgan fingerprint density at radius 1 is 1.25 bits per heavy atom. The lowest BCUT2D eigenvalue weighted by Gasteiger charge is -2.12. The van der Waals surface area contributed by atoms with Crippen molar-refractivity contribution in [1.29, 1.82) is 0 Å². The Bertz CT molecular complexity index is 56.0. The molecule has 0 aliphatic carbocycles. The van der Waals surface area contributed by atoms with E-state index >= 15 is 0 Å². The van der Waals surface area contributed by atoms with Gasteiger partial charge in [-0.1, -0.05) is 25.7 Å². The quantitative estimate of drug-likeness (QED) is 0.523. The van der Waals surface area contributed by atoms with Crippen molar-refractivity contribution in [2.75, 3.05) is 6.61 Å². The van der Waals surface area contributed by atoms with Crippen LogP contribution < -0.4 is 0 Å². The fraction of sp³-hybridized carbons (Fsp3) is 1.00. The molecule has 0 aliphatic heterocycles. The highest BCUT2D eigenvalue weighted by atomic mass is 28.3. The van der Waals surface area contributed by atoms with Crippen molar-refractivity contribution >= 4 is 8.07 Å². The van der Waals surface area contributed by atoms with E-state index in [4.69, 9.17) is 0 Å². The molecule has 0 aromatic heterocycles. The zero-order valence-corrected chi connectivity index (χ0v) is 7.03. The molecule has 1 nitrogen and oxygen atoms in total. The van der Waals surface area contributed by atoms with E-state index in [9.17, 15) is 5.11 Å². The second kappa shape index (κ2) is 3.25. The van der Waals surface area contributed by atoms with E-state index in [0.29, 0.717) is 0 Å². The third kappa shape index (κ3) is 6.18. The smallest absolute Gasteiger partial charge is 0.0819 e. The molecule has 0 atom stereocenters. The van der Waals surface area contributed by atoms with Gasteiger partial charge in [0.1, 0.15) is 0 Å². The van der Waals surface area contributed by atoms with Crippen molar-refractivity contribution in [2.24, 2.45) is 0 Å². The van der Waals surface area contributed by atoms with Crippen molar-refractivity contribution in [2.45, 2.75) is 32.1 Å². The average molecular weight is 131 g/mol. The second-order valence-corrected chi connectivity index (χ2v) is 8.99. The molecule has 0 saturated heterocycles. The summed E-state index contributed by atoms with van der Waals surface area (Å²) in [5.74, 6) is 0. The molecule has 1 radical (unpaired) electrons. The van der Waals surface area contributed by atoms with Gasteiger partial charge in [0.05, 0.1) is 6.61 Å². The Morgan fingerprint density at radius 2 is 1.75 bits per heavy atom. The van der Waals surface area contributed by atoms with E-state index in [2.05, 4.69) is 19.6 Å². The molecule has 8 heavy (non-hydrogen) atoms. The monoisotopic (exact) mass is 131 g/mol. The summed E-state index contributed by atoms with van der Waals surface area (Å²) >= 11 is 0. The van der Waals surface area contributed by atoms with Gasteiger partial charge in [-0.2, -0.15) is 0 Å². The summed E-state index contributed by atoms with van der Waals surface area (Å²) in [6.07, 6.45) is 0.885. The molecule has 0 N–H and O–H groups in total. The maximum atomic E-state index is 10.00. The molecule has 2 heteroatoms. The first-order chi connectivity index (χ1) is 3.56. The molecule has 0 spiro atoms. The van der Waals surface area contributed by atoms with E-state index in [1.54, 1.807) is 0 Å². The molecule has 0 amide bonds. The van der Waals surface area contributed by atoms with Gasteiger partial charge in [0.2, 0.25) is 0 Å². The van der Waals surface area contributed by atoms with E-state index in [1.807, 2.05) is 0 Å². The topological polar surface area (TPSA) is 19.9 Å². The predicted molar refractivity (Wildman–Crippen MR) is 38.3 cm³/mol. The minimum absolute atomic E-state index is 0.115. The van der Waals surface area contributed by atoms with E-state index < -0.39 is 8.07 Å². The van der Waals surface area contributed by atoms with Crippen molar-refractivity contribution < 1.29 is 5.11 Å². The van der Waals surface area contributed by atoms with Crippen LogP contribution in [0.2, 0.25) is 25.7 Å². The highest BCUT2D eigenvalue weighted by Gasteiger charge is 2.10. The van der Waals surface area contributed by atoms with Crippen LogP contribution in [-0.2, 0) is 5.11 Å². The first-order valence-electron chi connectivity index (χ1n) is 3.14. The van der Waals surface area contributed by atoms with Crippen LogP contribution in [-0.4, -0.2) is 14.7 Å². The molecule has 49 valence electrons. The third-order valence-electron chi connectivity index (χ3n) is 1.07. The summed E-state index contributed by atoms with van der Waals surface area (Å²) in [4.78, 5) is 0. The lowest BCUT2D eigenvalue weighted by atomic mass is 10.5. The summed E-state index contributed by atoms with van der Waals surface area (Å²) in [7, 11) is -0.878. The first-order valence-corrected chi connectivity index (χ1v) is 6.85. The van der Waals surface area contributed by atoms with Crippen molar-refractivity contribution in [3.63, 3.8) is 0 Å². The van der Waals surface area contributed by atoms with Crippen molar-refractivity contribution in [3.8, 4) is 0 Å². The first kappa shape index (κ1) is 8.18. The molecule has 0 aromatic rings. The van der Waals surface area contributed by atoms with Crippen LogP contribution in [0.5, 0.6) is 0 Å². The molecule has 0 bridgehead atoms. The van der Waals surface area contributed by atoms with Crippen LogP contribution >= 0.6 is 0 Å². The minimum Gasteiger partial charge on any atom is -0.237 e. The second-order valence-electron chi connectivity index (χ2n) is 3.37. The summed E-state index contributed by atoms with van der Waals surface area (Å²) in [6, 6.07) is 1.19. The van der Waals surface area contributed by atoms with Crippen LogP contribution in [0.3, 0.4) is 0 Å². The zero-order valence-electron chi connectivity index (χ0n) is 6.03.